The first kappa shape index (κ1) is 13.7. The standard InChI is InChI=1S/C14H11BrCl2O/c1-9-2-5-14(11(15)6-9)18-8-10-3-4-12(16)13(17)7-10/h2-7H,8H2,1H3. The normalized spacial score (nSPS) is 10.4. The van der Waals surface area contributed by atoms with E-state index in [0.717, 1.165) is 15.8 Å². The van der Waals surface area contributed by atoms with Gasteiger partial charge in [0, 0.05) is 0 Å². The molecular weight excluding hydrogens is 335 g/mol. The summed E-state index contributed by atoms with van der Waals surface area (Å²) in [7, 11) is 0. The second-order valence-corrected chi connectivity index (χ2v) is 5.64. The summed E-state index contributed by atoms with van der Waals surface area (Å²) in [6.07, 6.45) is 0. The number of halogens is 3. The molecule has 0 saturated carbocycles. The van der Waals surface area contributed by atoms with E-state index in [1.807, 2.05) is 37.3 Å². The number of benzene rings is 2. The van der Waals surface area contributed by atoms with Crippen LogP contribution in [0.15, 0.2) is 40.9 Å². The van der Waals surface area contributed by atoms with Crippen molar-refractivity contribution >= 4 is 39.1 Å². The molecular formula is C14H11BrCl2O. The Morgan fingerprint density at radius 1 is 1.06 bits per heavy atom. The molecule has 0 aliphatic carbocycles. The Labute approximate surface area is 125 Å². The van der Waals surface area contributed by atoms with Crippen LogP contribution in [0.3, 0.4) is 0 Å². The lowest BCUT2D eigenvalue weighted by Gasteiger charge is -2.09. The van der Waals surface area contributed by atoms with Crippen molar-refractivity contribution in [3.63, 3.8) is 0 Å². The Balaban J connectivity index is 2.09. The fourth-order valence-corrected chi connectivity index (χ4v) is 2.44. The minimum atomic E-state index is 0.457. The van der Waals surface area contributed by atoms with Crippen molar-refractivity contribution in [3.05, 3.63) is 62.0 Å². The van der Waals surface area contributed by atoms with Crippen LogP contribution in [0.4, 0.5) is 0 Å². The third kappa shape index (κ3) is 3.41. The Hall–Kier alpha value is -0.700. The lowest BCUT2D eigenvalue weighted by Crippen LogP contribution is -1.96. The molecule has 0 fully saturated rings. The lowest BCUT2D eigenvalue weighted by molar-refractivity contribution is 0.304. The van der Waals surface area contributed by atoms with E-state index in [0.29, 0.717) is 16.7 Å². The van der Waals surface area contributed by atoms with E-state index in [1.54, 1.807) is 6.07 Å². The van der Waals surface area contributed by atoms with Gasteiger partial charge in [-0.3, -0.25) is 0 Å². The van der Waals surface area contributed by atoms with Gasteiger partial charge in [0.15, 0.2) is 0 Å². The first-order valence-electron chi connectivity index (χ1n) is 5.39. The van der Waals surface area contributed by atoms with Crippen molar-refractivity contribution in [2.75, 3.05) is 0 Å². The van der Waals surface area contributed by atoms with Crippen LogP contribution in [0, 0.1) is 6.92 Å². The fraction of sp³-hybridized carbons (Fsp3) is 0.143. The van der Waals surface area contributed by atoms with Gasteiger partial charge in [-0.2, -0.15) is 0 Å². The quantitative estimate of drug-likeness (QED) is 0.699. The van der Waals surface area contributed by atoms with Crippen LogP contribution in [0.5, 0.6) is 5.75 Å². The van der Waals surface area contributed by atoms with Crippen molar-refractivity contribution in [1.82, 2.24) is 0 Å². The molecule has 0 aliphatic rings. The zero-order valence-corrected chi connectivity index (χ0v) is 12.8. The number of ether oxygens (including phenoxy) is 1. The van der Waals surface area contributed by atoms with Gasteiger partial charge in [-0.15, -0.1) is 0 Å². The van der Waals surface area contributed by atoms with E-state index >= 15 is 0 Å². The van der Waals surface area contributed by atoms with Crippen LogP contribution < -0.4 is 4.74 Å². The molecule has 1 nitrogen and oxygen atoms in total. The fourth-order valence-electron chi connectivity index (χ4n) is 1.51. The summed E-state index contributed by atoms with van der Waals surface area (Å²) in [5.41, 5.74) is 2.17. The molecule has 2 aromatic carbocycles. The third-order valence-electron chi connectivity index (χ3n) is 2.47. The molecule has 0 N–H and O–H groups in total. The maximum Gasteiger partial charge on any atom is 0.134 e. The summed E-state index contributed by atoms with van der Waals surface area (Å²) in [4.78, 5) is 0. The summed E-state index contributed by atoms with van der Waals surface area (Å²) in [5.74, 6) is 0.812. The summed E-state index contributed by atoms with van der Waals surface area (Å²) in [5, 5.41) is 1.10. The van der Waals surface area contributed by atoms with Crippen molar-refractivity contribution in [1.29, 1.82) is 0 Å². The highest BCUT2D eigenvalue weighted by atomic mass is 79.9. The van der Waals surface area contributed by atoms with Gasteiger partial charge in [-0.05, 0) is 58.2 Å². The topological polar surface area (TPSA) is 9.23 Å². The van der Waals surface area contributed by atoms with E-state index in [2.05, 4.69) is 15.9 Å². The summed E-state index contributed by atoms with van der Waals surface area (Å²) in [6.45, 7) is 2.49. The van der Waals surface area contributed by atoms with Crippen LogP contribution in [0.1, 0.15) is 11.1 Å². The Morgan fingerprint density at radius 3 is 2.50 bits per heavy atom. The van der Waals surface area contributed by atoms with Gasteiger partial charge in [0.2, 0.25) is 0 Å². The minimum absolute atomic E-state index is 0.457. The van der Waals surface area contributed by atoms with Crippen molar-refractivity contribution < 1.29 is 4.74 Å². The predicted molar refractivity (Wildman–Crippen MR) is 79.7 cm³/mol. The highest BCUT2D eigenvalue weighted by molar-refractivity contribution is 9.10. The van der Waals surface area contributed by atoms with Gasteiger partial charge in [-0.1, -0.05) is 35.3 Å². The Morgan fingerprint density at radius 2 is 1.83 bits per heavy atom. The van der Waals surface area contributed by atoms with E-state index in [-0.39, 0.29) is 0 Å². The van der Waals surface area contributed by atoms with Crippen molar-refractivity contribution in [2.24, 2.45) is 0 Å². The van der Waals surface area contributed by atoms with Gasteiger partial charge in [0.25, 0.3) is 0 Å². The summed E-state index contributed by atoms with van der Waals surface area (Å²) >= 11 is 15.3. The van der Waals surface area contributed by atoms with Gasteiger partial charge < -0.3 is 4.74 Å². The van der Waals surface area contributed by atoms with Crippen LogP contribution in [0.25, 0.3) is 0 Å². The highest BCUT2D eigenvalue weighted by Crippen LogP contribution is 2.27. The molecule has 0 radical (unpaired) electrons. The highest BCUT2D eigenvalue weighted by Gasteiger charge is 2.03. The molecule has 4 heteroatoms. The smallest absolute Gasteiger partial charge is 0.134 e. The third-order valence-corrected chi connectivity index (χ3v) is 3.82. The molecule has 0 aliphatic heterocycles. The first-order chi connectivity index (χ1) is 8.56. The van der Waals surface area contributed by atoms with Gasteiger partial charge in [0.1, 0.15) is 12.4 Å². The molecule has 2 rings (SSSR count). The zero-order chi connectivity index (χ0) is 13.1. The van der Waals surface area contributed by atoms with Crippen LogP contribution in [-0.2, 0) is 6.61 Å². The van der Waals surface area contributed by atoms with E-state index in [1.165, 1.54) is 5.56 Å². The number of hydrogen-bond acceptors (Lipinski definition) is 1. The molecule has 0 spiro atoms. The SMILES string of the molecule is Cc1ccc(OCc2ccc(Cl)c(Cl)c2)c(Br)c1. The molecule has 0 aromatic heterocycles. The predicted octanol–water partition coefficient (Wildman–Crippen LogP) is 5.64. The average Bonchev–Trinajstić information content (AvgIpc) is 2.32. The molecule has 2 aromatic rings. The average molecular weight is 346 g/mol. The summed E-state index contributed by atoms with van der Waals surface area (Å²) in [6, 6.07) is 11.4. The van der Waals surface area contributed by atoms with E-state index < -0.39 is 0 Å². The van der Waals surface area contributed by atoms with Crippen LogP contribution >= 0.6 is 39.1 Å². The number of aryl methyl sites for hydroxylation is 1. The lowest BCUT2D eigenvalue weighted by atomic mass is 10.2. The Kier molecular flexibility index (Phi) is 4.55. The second kappa shape index (κ2) is 5.96. The van der Waals surface area contributed by atoms with Crippen LogP contribution in [-0.4, -0.2) is 0 Å². The molecule has 0 atom stereocenters. The molecule has 0 unspecified atom stereocenters. The molecule has 0 bridgehead atoms. The van der Waals surface area contributed by atoms with Gasteiger partial charge in [0.05, 0.1) is 14.5 Å². The van der Waals surface area contributed by atoms with E-state index in [4.69, 9.17) is 27.9 Å². The zero-order valence-electron chi connectivity index (χ0n) is 9.71. The minimum Gasteiger partial charge on any atom is -0.488 e. The number of hydrogen-bond donors (Lipinski definition) is 0. The molecule has 94 valence electrons. The maximum atomic E-state index is 5.95. The molecule has 0 heterocycles. The van der Waals surface area contributed by atoms with E-state index in [9.17, 15) is 0 Å². The monoisotopic (exact) mass is 344 g/mol. The van der Waals surface area contributed by atoms with Gasteiger partial charge in [-0.25, -0.2) is 0 Å². The van der Waals surface area contributed by atoms with Crippen molar-refractivity contribution in [2.45, 2.75) is 13.5 Å². The van der Waals surface area contributed by atoms with Crippen LogP contribution in [0.2, 0.25) is 10.0 Å². The Bertz CT molecular complexity index is 570. The maximum absolute atomic E-state index is 5.95. The second-order valence-electron chi connectivity index (χ2n) is 3.97. The molecule has 0 saturated heterocycles. The largest absolute Gasteiger partial charge is 0.488 e. The molecule has 0 amide bonds. The molecule has 18 heavy (non-hydrogen) atoms. The van der Waals surface area contributed by atoms with Crippen molar-refractivity contribution in [3.8, 4) is 5.75 Å². The van der Waals surface area contributed by atoms with Gasteiger partial charge >= 0.3 is 0 Å². The summed E-state index contributed by atoms with van der Waals surface area (Å²) < 4.78 is 6.67. The first-order valence-corrected chi connectivity index (χ1v) is 6.94. The number of rotatable bonds is 3.